The number of phenolic OH excluding ortho intramolecular Hbond substituents is 1. The number of hydrogen-bond acceptors (Lipinski definition) is 5. The Bertz CT molecular complexity index is 1100. The lowest BCUT2D eigenvalue weighted by atomic mass is 9.92. The highest BCUT2D eigenvalue weighted by molar-refractivity contribution is 5.83. The maximum Gasteiger partial charge on any atom is 0.412 e. The number of fused-ring (bicyclic) bond motifs is 1. The quantitative estimate of drug-likeness (QED) is 0.541. The van der Waals surface area contributed by atoms with Crippen LogP contribution < -0.4 is 15.8 Å². The highest BCUT2D eigenvalue weighted by Crippen LogP contribution is 2.24. The molecule has 0 bridgehead atoms. The summed E-state index contributed by atoms with van der Waals surface area (Å²) in [4.78, 5) is 27.4. The summed E-state index contributed by atoms with van der Waals surface area (Å²) in [5, 5.41) is 12.3. The van der Waals surface area contributed by atoms with E-state index in [0.29, 0.717) is 25.1 Å². The molecule has 1 aliphatic heterocycles. The number of carbonyl (C=O) groups is 2. The lowest BCUT2D eigenvalue weighted by molar-refractivity contribution is -0.136. The molecule has 33 heavy (non-hydrogen) atoms. The van der Waals surface area contributed by atoms with Crippen LogP contribution in [0.15, 0.2) is 78.9 Å². The molecule has 1 heterocycles. The number of nitrogens with one attached hydrogen (secondary N) is 1. The third kappa shape index (κ3) is 5.70. The SMILES string of the molecule is N[C@@H](Cc1ccc(O)cc1)C(=O)N1Cc2ccccc2CC1CNC(=O)Oc1ccccc1. The second-order valence-electron chi connectivity index (χ2n) is 8.15. The summed E-state index contributed by atoms with van der Waals surface area (Å²) in [5.41, 5.74) is 9.39. The van der Waals surface area contributed by atoms with Crippen molar-refractivity contribution >= 4 is 12.0 Å². The topological polar surface area (TPSA) is 105 Å². The lowest BCUT2D eigenvalue weighted by Crippen LogP contribution is -2.55. The standard InChI is InChI=1S/C26H27N3O4/c27-24(14-18-10-12-22(30)13-11-18)25(31)29-17-20-7-5-4-6-19(20)15-21(29)16-28-26(32)33-23-8-2-1-3-9-23/h1-13,21,24,30H,14-17,27H2,(H,28,32)/t21?,24-/m0/s1. The molecule has 2 amide bonds. The molecule has 4 N–H and O–H groups in total. The van der Waals surface area contributed by atoms with Crippen LogP contribution in [0.3, 0.4) is 0 Å². The molecule has 2 atom stereocenters. The van der Waals surface area contributed by atoms with Crippen molar-refractivity contribution in [1.29, 1.82) is 0 Å². The Labute approximate surface area is 192 Å². The lowest BCUT2D eigenvalue weighted by Gasteiger charge is -2.38. The number of para-hydroxylation sites is 1. The minimum Gasteiger partial charge on any atom is -0.508 e. The van der Waals surface area contributed by atoms with Gasteiger partial charge in [-0.25, -0.2) is 4.79 Å². The number of rotatable bonds is 6. The molecule has 1 unspecified atom stereocenters. The van der Waals surface area contributed by atoms with Gasteiger partial charge in [0, 0.05) is 13.1 Å². The van der Waals surface area contributed by atoms with E-state index in [1.807, 2.05) is 30.3 Å². The predicted octanol–water partition coefficient (Wildman–Crippen LogP) is 3.00. The van der Waals surface area contributed by atoms with Gasteiger partial charge in [-0.05, 0) is 53.8 Å². The number of aromatic hydroxyl groups is 1. The second kappa shape index (κ2) is 10.2. The molecule has 0 aliphatic carbocycles. The molecule has 0 spiro atoms. The van der Waals surface area contributed by atoms with Crippen LogP contribution in [0.1, 0.15) is 16.7 Å². The van der Waals surface area contributed by atoms with Crippen LogP contribution in [0.25, 0.3) is 0 Å². The Morgan fingerprint density at radius 1 is 1.00 bits per heavy atom. The molecule has 0 saturated carbocycles. The van der Waals surface area contributed by atoms with Crippen molar-refractivity contribution in [2.24, 2.45) is 5.73 Å². The summed E-state index contributed by atoms with van der Waals surface area (Å²) < 4.78 is 5.31. The molecule has 7 heteroatoms. The highest BCUT2D eigenvalue weighted by atomic mass is 16.6. The first-order valence-electron chi connectivity index (χ1n) is 10.9. The van der Waals surface area contributed by atoms with Crippen LogP contribution in [0.4, 0.5) is 4.79 Å². The van der Waals surface area contributed by atoms with Gasteiger partial charge in [-0.3, -0.25) is 4.79 Å². The fourth-order valence-electron chi connectivity index (χ4n) is 4.05. The zero-order valence-electron chi connectivity index (χ0n) is 18.2. The number of nitrogens with two attached hydrogens (primary N) is 1. The van der Waals surface area contributed by atoms with Gasteiger partial charge in [-0.15, -0.1) is 0 Å². The van der Waals surface area contributed by atoms with E-state index in [4.69, 9.17) is 10.5 Å². The minimum atomic E-state index is -0.737. The van der Waals surface area contributed by atoms with Crippen molar-refractivity contribution in [2.75, 3.05) is 6.54 Å². The predicted molar refractivity (Wildman–Crippen MR) is 125 cm³/mol. The first-order chi connectivity index (χ1) is 16.0. The van der Waals surface area contributed by atoms with Crippen molar-refractivity contribution < 1.29 is 19.4 Å². The van der Waals surface area contributed by atoms with Gasteiger partial charge in [0.15, 0.2) is 0 Å². The maximum atomic E-state index is 13.3. The van der Waals surface area contributed by atoms with Crippen LogP contribution in [0.5, 0.6) is 11.5 Å². The molecule has 0 aromatic heterocycles. The largest absolute Gasteiger partial charge is 0.508 e. The molecule has 1 aliphatic rings. The van der Waals surface area contributed by atoms with E-state index in [-0.39, 0.29) is 24.2 Å². The summed E-state index contributed by atoms with van der Waals surface area (Å²) in [5.74, 6) is 0.438. The molecule has 170 valence electrons. The second-order valence-corrected chi connectivity index (χ2v) is 8.15. The van der Waals surface area contributed by atoms with Gasteiger partial charge >= 0.3 is 6.09 Å². The molecule has 4 rings (SSSR count). The van der Waals surface area contributed by atoms with Crippen LogP contribution in [-0.2, 0) is 24.2 Å². The fraction of sp³-hybridized carbons (Fsp3) is 0.231. The maximum absolute atomic E-state index is 13.3. The van der Waals surface area contributed by atoms with Crippen LogP contribution in [0.2, 0.25) is 0 Å². The summed E-state index contributed by atoms with van der Waals surface area (Å²) in [6.07, 6.45) is 0.397. The van der Waals surface area contributed by atoms with Gasteiger partial charge in [-0.1, -0.05) is 54.6 Å². The third-order valence-corrected chi connectivity index (χ3v) is 5.78. The van der Waals surface area contributed by atoms with Crippen molar-refractivity contribution in [3.05, 3.63) is 95.6 Å². The van der Waals surface area contributed by atoms with E-state index in [2.05, 4.69) is 5.32 Å². The molecule has 3 aromatic carbocycles. The number of ether oxygens (including phenoxy) is 1. The number of benzene rings is 3. The average Bonchev–Trinajstić information content (AvgIpc) is 2.83. The zero-order valence-corrected chi connectivity index (χ0v) is 18.2. The number of amides is 2. The van der Waals surface area contributed by atoms with Crippen molar-refractivity contribution in [2.45, 2.75) is 31.5 Å². The Hall–Kier alpha value is -3.84. The smallest absolute Gasteiger partial charge is 0.412 e. The fourth-order valence-corrected chi connectivity index (χ4v) is 4.05. The Balaban J connectivity index is 1.45. The van der Waals surface area contributed by atoms with Gasteiger partial charge in [0.25, 0.3) is 0 Å². The van der Waals surface area contributed by atoms with Gasteiger partial charge in [-0.2, -0.15) is 0 Å². The van der Waals surface area contributed by atoms with E-state index < -0.39 is 12.1 Å². The molecule has 3 aromatic rings. The van der Waals surface area contributed by atoms with E-state index in [9.17, 15) is 14.7 Å². The monoisotopic (exact) mass is 445 g/mol. The first kappa shape index (κ1) is 22.4. The number of phenols is 1. The van der Waals surface area contributed by atoms with Gasteiger partial charge in [0.1, 0.15) is 11.5 Å². The van der Waals surface area contributed by atoms with Crippen molar-refractivity contribution in [3.8, 4) is 11.5 Å². The third-order valence-electron chi connectivity index (χ3n) is 5.78. The van der Waals surface area contributed by atoms with Crippen molar-refractivity contribution in [3.63, 3.8) is 0 Å². The van der Waals surface area contributed by atoms with Crippen LogP contribution in [-0.4, -0.2) is 40.6 Å². The van der Waals surface area contributed by atoms with E-state index in [1.54, 1.807) is 53.4 Å². The molecule has 7 nitrogen and oxygen atoms in total. The Morgan fingerprint density at radius 3 is 2.39 bits per heavy atom. The minimum absolute atomic E-state index is 0.166. The normalized spacial score (nSPS) is 15.9. The van der Waals surface area contributed by atoms with E-state index >= 15 is 0 Å². The highest BCUT2D eigenvalue weighted by Gasteiger charge is 2.32. The van der Waals surface area contributed by atoms with Crippen LogP contribution >= 0.6 is 0 Å². The van der Waals surface area contributed by atoms with Gasteiger partial charge in [0.05, 0.1) is 12.1 Å². The Morgan fingerprint density at radius 2 is 1.67 bits per heavy atom. The average molecular weight is 446 g/mol. The number of carbonyl (C=O) groups excluding carboxylic acids is 2. The van der Waals surface area contributed by atoms with Gasteiger partial charge < -0.3 is 25.8 Å². The summed E-state index contributed by atoms with van der Waals surface area (Å²) >= 11 is 0. The number of hydrogen-bond donors (Lipinski definition) is 3. The number of nitrogens with zero attached hydrogens (tertiary/aromatic N) is 1. The molecule has 0 radical (unpaired) electrons. The van der Waals surface area contributed by atoms with E-state index in [1.165, 1.54) is 0 Å². The Kier molecular flexibility index (Phi) is 6.90. The molecular weight excluding hydrogens is 418 g/mol. The van der Waals surface area contributed by atoms with Crippen molar-refractivity contribution in [1.82, 2.24) is 10.2 Å². The zero-order chi connectivity index (χ0) is 23.2. The van der Waals surface area contributed by atoms with Crippen LogP contribution in [0, 0.1) is 0 Å². The summed E-state index contributed by atoms with van der Waals surface area (Å²) in [6.45, 7) is 0.677. The summed E-state index contributed by atoms with van der Waals surface area (Å²) in [7, 11) is 0. The molecular formula is C26H27N3O4. The first-order valence-corrected chi connectivity index (χ1v) is 10.9. The summed E-state index contributed by atoms with van der Waals surface area (Å²) in [6, 6.07) is 22.5. The molecule has 0 fully saturated rings. The van der Waals surface area contributed by atoms with E-state index in [0.717, 1.165) is 16.7 Å². The van der Waals surface area contributed by atoms with Gasteiger partial charge in [0.2, 0.25) is 5.91 Å². The molecule has 0 saturated heterocycles.